The van der Waals surface area contributed by atoms with Gasteiger partial charge in [0.25, 0.3) is 0 Å². The molecule has 0 bridgehead atoms. The van der Waals surface area contributed by atoms with Crippen molar-refractivity contribution >= 4 is 39.8 Å². The molecule has 0 radical (unpaired) electrons. The summed E-state index contributed by atoms with van der Waals surface area (Å²) in [6.45, 7) is 9.53. The number of hydrogen-bond donors (Lipinski definition) is 1. The first-order valence-electron chi connectivity index (χ1n) is 12.6. The van der Waals surface area contributed by atoms with Gasteiger partial charge in [-0.3, -0.25) is 19.8 Å². The van der Waals surface area contributed by atoms with Crippen LogP contribution >= 0.6 is 0 Å². The summed E-state index contributed by atoms with van der Waals surface area (Å²) in [5.41, 5.74) is 2.44. The van der Waals surface area contributed by atoms with E-state index in [1.807, 2.05) is 37.5 Å². The number of nitrogens with one attached hydrogen (secondary N) is 1. The summed E-state index contributed by atoms with van der Waals surface area (Å²) in [4.78, 5) is 45.4. The van der Waals surface area contributed by atoms with Gasteiger partial charge in [-0.15, -0.1) is 0 Å². The Morgan fingerprint density at radius 2 is 1.89 bits per heavy atom. The molecule has 2 saturated heterocycles. The van der Waals surface area contributed by atoms with Crippen LogP contribution < -0.4 is 5.32 Å². The molecule has 1 atom stereocenters. The topological polar surface area (TPSA) is 96.8 Å². The molecule has 2 aliphatic rings. The minimum atomic E-state index is -0.482. The first kappa shape index (κ1) is 24.2. The largest absolute Gasteiger partial charge is 0.444 e. The van der Waals surface area contributed by atoms with Gasteiger partial charge in [0.1, 0.15) is 17.3 Å². The summed E-state index contributed by atoms with van der Waals surface area (Å²) < 4.78 is 7.47. The van der Waals surface area contributed by atoms with E-state index in [0.29, 0.717) is 25.9 Å². The van der Waals surface area contributed by atoms with E-state index < -0.39 is 11.6 Å². The Bertz CT molecular complexity index is 1320. The lowest BCUT2D eigenvalue weighted by Crippen LogP contribution is -2.50. The summed E-state index contributed by atoms with van der Waals surface area (Å²) in [6.07, 6.45) is 3.17. The van der Waals surface area contributed by atoms with Gasteiger partial charge in [0, 0.05) is 56.1 Å². The van der Waals surface area contributed by atoms with Crippen LogP contribution in [-0.4, -0.2) is 75.6 Å². The number of hydrogen-bond acceptors (Lipinski definition) is 6. The molecule has 36 heavy (non-hydrogen) atoms. The van der Waals surface area contributed by atoms with Crippen molar-refractivity contribution < 1.29 is 19.1 Å². The Hall–Kier alpha value is -3.46. The van der Waals surface area contributed by atoms with Gasteiger partial charge in [-0.1, -0.05) is 6.07 Å². The molecule has 5 rings (SSSR count). The number of imide groups is 1. The van der Waals surface area contributed by atoms with E-state index >= 15 is 0 Å². The van der Waals surface area contributed by atoms with Gasteiger partial charge in [0.05, 0.1) is 5.52 Å². The minimum absolute atomic E-state index is 0.223. The third-order valence-corrected chi connectivity index (χ3v) is 6.89. The maximum absolute atomic E-state index is 12.6. The number of carbonyl (C=O) groups excluding carboxylic acids is 3. The molecule has 0 spiro atoms. The number of carbonyl (C=O) groups is 3. The second-order valence-corrected chi connectivity index (χ2v) is 10.6. The minimum Gasteiger partial charge on any atom is -0.444 e. The molecule has 0 saturated carbocycles. The van der Waals surface area contributed by atoms with Crippen LogP contribution in [0.4, 0.5) is 4.79 Å². The molecule has 1 aromatic carbocycles. The predicted molar refractivity (Wildman–Crippen MR) is 137 cm³/mol. The van der Waals surface area contributed by atoms with E-state index in [2.05, 4.69) is 33.4 Å². The van der Waals surface area contributed by atoms with E-state index in [-0.39, 0.29) is 17.9 Å². The number of fused-ring (bicyclic) bond motifs is 3. The van der Waals surface area contributed by atoms with Gasteiger partial charge in [-0.05, 0) is 63.4 Å². The molecule has 190 valence electrons. The predicted octanol–water partition coefficient (Wildman–Crippen LogP) is 3.26. The molecule has 9 heteroatoms. The van der Waals surface area contributed by atoms with Crippen molar-refractivity contribution in [2.75, 3.05) is 32.7 Å². The van der Waals surface area contributed by atoms with Crippen LogP contribution in [0, 0.1) is 0 Å². The first-order valence-corrected chi connectivity index (χ1v) is 12.6. The fourth-order valence-electron chi connectivity index (χ4n) is 5.09. The van der Waals surface area contributed by atoms with E-state index in [1.165, 1.54) is 5.56 Å². The highest BCUT2D eigenvalue weighted by Gasteiger charge is 2.31. The lowest BCUT2D eigenvalue weighted by molar-refractivity contribution is -0.135. The SMILES string of the molecule is CC(C)(C)OC(=O)N1CCN(CCc2ccc3c(c2)c2cccnc2n3C2CCC(=O)NC2=O)CC1. The van der Waals surface area contributed by atoms with Crippen molar-refractivity contribution in [1.29, 1.82) is 0 Å². The maximum atomic E-state index is 12.6. The molecule has 2 aromatic heterocycles. The van der Waals surface area contributed by atoms with Crippen molar-refractivity contribution in [2.24, 2.45) is 0 Å². The van der Waals surface area contributed by atoms with Crippen molar-refractivity contribution in [3.63, 3.8) is 0 Å². The second-order valence-electron chi connectivity index (χ2n) is 10.6. The molecule has 9 nitrogen and oxygen atoms in total. The van der Waals surface area contributed by atoms with Crippen LogP contribution in [0.2, 0.25) is 0 Å². The monoisotopic (exact) mass is 491 g/mol. The number of pyridine rings is 1. The third-order valence-electron chi connectivity index (χ3n) is 6.89. The number of benzene rings is 1. The summed E-state index contributed by atoms with van der Waals surface area (Å²) in [5.74, 6) is -0.496. The van der Waals surface area contributed by atoms with Crippen LogP contribution in [0.25, 0.3) is 21.9 Å². The zero-order valence-electron chi connectivity index (χ0n) is 21.1. The number of ether oxygens (including phenoxy) is 1. The Balaban J connectivity index is 1.30. The van der Waals surface area contributed by atoms with Gasteiger partial charge in [-0.2, -0.15) is 0 Å². The Morgan fingerprint density at radius 3 is 2.61 bits per heavy atom. The van der Waals surface area contributed by atoms with Gasteiger partial charge in [0.2, 0.25) is 11.8 Å². The highest BCUT2D eigenvalue weighted by molar-refractivity contribution is 6.09. The summed E-state index contributed by atoms with van der Waals surface area (Å²) in [6, 6.07) is 9.86. The molecule has 2 aliphatic heterocycles. The van der Waals surface area contributed by atoms with Crippen molar-refractivity contribution in [1.82, 2.24) is 24.7 Å². The van der Waals surface area contributed by atoms with Gasteiger partial charge in [0.15, 0.2) is 0 Å². The number of rotatable bonds is 4. The Morgan fingerprint density at radius 1 is 1.11 bits per heavy atom. The number of aromatic nitrogens is 2. The van der Waals surface area contributed by atoms with Crippen LogP contribution in [0.5, 0.6) is 0 Å². The fourth-order valence-corrected chi connectivity index (χ4v) is 5.09. The summed E-state index contributed by atoms with van der Waals surface area (Å²) in [7, 11) is 0. The molecule has 3 aromatic rings. The van der Waals surface area contributed by atoms with Crippen LogP contribution in [0.1, 0.15) is 45.2 Å². The van der Waals surface area contributed by atoms with E-state index in [4.69, 9.17) is 4.74 Å². The Kier molecular flexibility index (Phi) is 6.42. The maximum Gasteiger partial charge on any atom is 0.410 e. The Labute approximate surface area is 210 Å². The second kappa shape index (κ2) is 9.54. The molecular formula is C27H33N5O4. The van der Waals surface area contributed by atoms with Crippen LogP contribution in [0.15, 0.2) is 36.5 Å². The highest BCUT2D eigenvalue weighted by Crippen LogP contribution is 2.34. The summed E-state index contributed by atoms with van der Waals surface area (Å²) >= 11 is 0. The zero-order chi connectivity index (χ0) is 25.4. The lowest BCUT2D eigenvalue weighted by Gasteiger charge is -2.35. The normalized spacial score (nSPS) is 19.6. The third kappa shape index (κ3) is 4.93. The van der Waals surface area contributed by atoms with Gasteiger partial charge in [-0.25, -0.2) is 9.78 Å². The molecule has 0 aliphatic carbocycles. The van der Waals surface area contributed by atoms with Crippen LogP contribution in [-0.2, 0) is 20.7 Å². The molecule has 1 unspecified atom stereocenters. The molecule has 4 heterocycles. The standard InChI is InChI=1S/C27H33N5O4/c1-27(2,3)36-26(35)31-15-13-30(14-16-31)12-10-18-6-7-21-20(17-18)19-5-4-11-28-24(19)32(21)22-8-9-23(33)29-25(22)34/h4-7,11,17,22H,8-10,12-16H2,1-3H3,(H,29,33,34). The number of amides is 3. The van der Waals surface area contributed by atoms with Crippen molar-refractivity contribution in [2.45, 2.75) is 51.7 Å². The van der Waals surface area contributed by atoms with Crippen molar-refractivity contribution in [3.8, 4) is 0 Å². The van der Waals surface area contributed by atoms with Gasteiger partial charge < -0.3 is 14.2 Å². The molecule has 3 amide bonds. The average molecular weight is 492 g/mol. The number of piperidine rings is 1. The number of nitrogens with zero attached hydrogens (tertiary/aromatic N) is 4. The van der Waals surface area contributed by atoms with E-state index in [1.54, 1.807) is 11.1 Å². The van der Waals surface area contributed by atoms with E-state index in [9.17, 15) is 14.4 Å². The zero-order valence-corrected chi connectivity index (χ0v) is 21.1. The van der Waals surface area contributed by atoms with Crippen molar-refractivity contribution in [3.05, 3.63) is 42.1 Å². The van der Waals surface area contributed by atoms with Crippen LogP contribution in [0.3, 0.4) is 0 Å². The number of piperazine rings is 1. The highest BCUT2D eigenvalue weighted by atomic mass is 16.6. The fraction of sp³-hybridized carbons (Fsp3) is 0.481. The lowest BCUT2D eigenvalue weighted by atomic mass is 10.0. The smallest absolute Gasteiger partial charge is 0.410 e. The van der Waals surface area contributed by atoms with Gasteiger partial charge >= 0.3 is 6.09 Å². The molecule has 2 fully saturated rings. The quantitative estimate of drug-likeness (QED) is 0.563. The first-order chi connectivity index (χ1) is 17.2. The molecule has 1 N–H and O–H groups in total. The average Bonchev–Trinajstić information content (AvgIpc) is 3.16. The van der Waals surface area contributed by atoms with E-state index in [0.717, 1.165) is 48.0 Å². The summed E-state index contributed by atoms with van der Waals surface area (Å²) in [5, 5.41) is 4.54. The molecular weight excluding hydrogens is 458 g/mol.